The first kappa shape index (κ1) is 26.4. The predicted octanol–water partition coefficient (Wildman–Crippen LogP) is 7.71. The van der Waals surface area contributed by atoms with E-state index in [9.17, 15) is 0 Å². The molecule has 10 rings (SSSR count). The first-order valence-electron chi connectivity index (χ1n) is 15.3. The van der Waals surface area contributed by atoms with Gasteiger partial charge >= 0.3 is 0 Å². The Morgan fingerprint density at radius 2 is 1.17 bits per heavy atom. The Morgan fingerprint density at radius 3 is 1.70 bits per heavy atom. The zero-order valence-electron chi connectivity index (χ0n) is 24.6. The minimum absolute atomic E-state index is 0.554. The third-order valence-electron chi connectivity index (χ3n) is 8.27. The van der Waals surface area contributed by atoms with Crippen molar-refractivity contribution in [2.75, 3.05) is 0 Å². The number of nitrogens with one attached hydrogen (secondary N) is 2. The second-order valence-electron chi connectivity index (χ2n) is 11.6. The van der Waals surface area contributed by atoms with Crippen molar-refractivity contribution in [2.45, 2.75) is 37.5 Å². The highest BCUT2D eigenvalue weighted by molar-refractivity contribution is 5.88. The highest BCUT2D eigenvalue weighted by atomic mass is 16.3. The van der Waals surface area contributed by atoms with Crippen LogP contribution >= 0.6 is 0 Å². The van der Waals surface area contributed by atoms with Gasteiger partial charge in [-0.05, 0) is 85.8 Å². The van der Waals surface area contributed by atoms with Crippen LogP contribution in [-0.4, -0.2) is 44.9 Å². The highest BCUT2D eigenvalue weighted by Gasteiger charge is 2.28. The third kappa shape index (κ3) is 5.01. The molecule has 224 valence electrons. The molecule has 8 aromatic rings. The minimum Gasteiger partial charge on any atom is -0.463 e. The van der Waals surface area contributed by atoms with Gasteiger partial charge in [-0.15, -0.1) is 0 Å². The van der Waals surface area contributed by atoms with Gasteiger partial charge in [0.1, 0.15) is 29.4 Å². The number of nitrogens with zero attached hydrogens (tertiary/aromatic N) is 7. The van der Waals surface area contributed by atoms with Crippen LogP contribution < -0.4 is 0 Å². The van der Waals surface area contributed by atoms with E-state index in [-0.39, 0.29) is 0 Å². The van der Waals surface area contributed by atoms with Crippen molar-refractivity contribution in [3.05, 3.63) is 104 Å². The highest BCUT2D eigenvalue weighted by Crippen LogP contribution is 2.41. The lowest BCUT2D eigenvalue weighted by Gasteiger charge is -2.06. The Bertz CT molecular complexity index is 2100. The van der Waals surface area contributed by atoms with E-state index in [2.05, 4.69) is 41.0 Å². The average molecular weight is 606 g/mol. The maximum absolute atomic E-state index is 5.58. The van der Waals surface area contributed by atoms with Gasteiger partial charge in [0.05, 0.1) is 29.3 Å². The molecule has 0 bridgehead atoms. The number of rotatable bonds is 6. The van der Waals surface area contributed by atoms with Crippen molar-refractivity contribution in [3.8, 4) is 45.3 Å². The molecule has 11 heteroatoms. The van der Waals surface area contributed by atoms with Crippen LogP contribution in [0, 0.1) is 0 Å². The van der Waals surface area contributed by atoms with Gasteiger partial charge in [0.2, 0.25) is 0 Å². The van der Waals surface area contributed by atoms with Gasteiger partial charge in [0.25, 0.3) is 0 Å². The Balaban J connectivity index is 0.000000127. The Kier molecular flexibility index (Phi) is 6.25. The number of hydrogen-bond acceptors (Lipinski definition) is 9. The molecule has 0 radical (unpaired) electrons. The molecule has 2 aliphatic rings. The van der Waals surface area contributed by atoms with E-state index in [1.165, 1.54) is 32.0 Å². The summed E-state index contributed by atoms with van der Waals surface area (Å²) in [6, 6.07) is 17.5. The Labute approximate surface area is 262 Å². The van der Waals surface area contributed by atoms with Gasteiger partial charge in [-0.2, -0.15) is 0 Å². The quantitative estimate of drug-likeness (QED) is 0.194. The fourth-order valence-corrected chi connectivity index (χ4v) is 5.62. The van der Waals surface area contributed by atoms with Crippen LogP contribution in [0.25, 0.3) is 67.6 Å². The first-order chi connectivity index (χ1) is 22.8. The van der Waals surface area contributed by atoms with Gasteiger partial charge in [-0.3, -0.25) is 4.98 Å². The van der Waals surface area contributed by atoms with E-state index >= 15 is 0 Å². The van der Waals surface area contributed by atoms with Crippen LogP contribution in [0.3, 0.4) is 0 Å². The lowest BCUT2D eigenvalue weighted by molar-refractivity contribution is 0.580. The predicted molar refractivity (Wildman–Crippen MR) is 171 cm³/mol. The molecule has 0 saturated heterocycles. The van der Waals surface area contributed by atoms with Crippen molar-refractivity contribution in [1.29, 1.82) is 0 Å². The smallest absolute Gasteiger partial charge is 0.178 e. The summed E-state index contributed by atoms with van der Waals surface area (Å²) in [4.78, 5) is 38.0. The van der Waals surface area contributed by atoms with Gasteiger partial charge in [0.15, 0.2) is 22.8 Å². The minimum atomic E-state index is 0.554. The summed E-state index contributed by atoms with van der Waals surface area (Å²) in [5.41, 5.74) is 8.70. The molecule has 2 N–H and O–H groups in total. The molecule has 0 unspecified atom stereocenters. The molecular weight excluding hydrogens is 578 g/mol. The summed E-state index contributed by atoms with van der Waals surface area (Å²) in [5, 5.41) is 0. The normalized spacial score (nSPS) is 14.4. The molecule has 2 saturated carbocycles. The molecular formula is C35H27N9O2. The lowest BCUT2D eigenvalue weighted by Crippen LogP contribution is -1.92. The summed E-state index contributed by atoms with van der Waals surface area (Å²) in [6.07, 6.45) is 15.0. The second kappa shape index (κ2) is 10.9. The van der Waals surface area contributed by atoms with Crippen molar-refractivity contribution < 1.29 is 8.83 Å². The molecule has 11 nitrogen and oxygen atoms in total. The van der Waals surface area contributed by atoms with E-state index in [0.29, 0.717) is 17.6 Å². The number of aromatic nitrogens is 9. The number of H-pyrrole nitrogens is 2. The van der Waals surface area contributed by atoms with Gasteiger partial charge < -0.3 is 18.8 Å². The molecule has 0 aliphatic heterocycles. The van der Waals surface area contributed by atoms with Crippen LogP contribution in [0.15, 0.2) is 101 Å². The standard InChI is InChI=1S/C18H14N4O.C17H13N5O/c1-2-15(23-9-1)16-13(11-5-7-19-8-6-11)10-14-18(21-16)22-17(20-14)12-3-4-12;1-2-14(23-7-1)15-11(12-5-6-18-9-19-12)8-13-17(21-15)22-16(20-13)10-3-4-10/h1-2,5-10,12H,3-4H2,(H,20,21,22);1-2,5-10H,3-4H2,(H,20,21,22). The van der Waals surface area contributed by atoms with Crippen molar-refractivity contribution in [2.24, 2.45) is 0 Å². The number of pyridine rings is 3. The first-order valence-corrected chi connectivity index (χ1v) is 15.3. The van der Waals surface area contributed by atoms with E-state index in [1.54, 1.807) is 31.1 Å². The maximum atomic E-state index is 5.58. The summed E-state index contributed by atoms with van der Waals surface area (Å²) in [7, 11) is 0. The largest absolute Gasteiger partial charge is 0.463 e. The summed E-state index contributed by atoms with van der Waals surface area (Å²) in [6.45, 7) is 0. The monoisotopic (exact) mass is 605 g/mol. The summed E-state index contributed by atoms with van der Waals surface area (Å²) >= 11 is 0. The number of hydrogen-bond donors (Lipinski definition) is 2. The van der Waals surface area contributed by atoms with Crippen LogP contribution in [0.4, 0.5) is 0 Å². The van der Waals surface area contributed by atoms with Gasteiger partial charge in [0, 0.05) is 41.6 Å². The van der Waals surface area contributed by atoms with Gasteiger partial charge in [-0.25, -0.2) is 29.9 Å². The number of imidazole rings is 2. The van der Waals surface area contributed by atoms with E-state index in [0.717, 1.165) is 73.5 Å². The lowest BCUT2D eigenvalue weighted by atomic mass is 10.0. The van der Waals surface area contributed by atoms with Crippen LogP contribution in [-0.2, 0) is 0 Å². The third-order valence-corrected chi connectivity index (χ3v) is 8.27. The van der Waals surface area contributed by atoms with Crippen molar-refractivity contribution in [1.82, 2.24) is 44.9 Å². The Hall–Kier alpha value is -5.97. The average Bonchev–Trinajstić information content (AvgIpc) is 3.86. The molecule has 0 amide bonds. The Morgan fingerprint density at radius 1 is 0.609 bits per heavy atom. The fourth-order valence-electron chi connectivity index (χ4n) is 5.62. The molecule has 2 fully saturated rings. The van der Waals surface area contributed by atoms with Crippen LogP contribution in [0.2, 0.25) is 0 Å². The van der Waals surface area contributed by atoms with Crippen LogP contribution in [0.1, 0.15) is 49.2 Å². The second-order valence-corrected chi connectivity index (χ2v) is 11.6. The van der Waals surface area contributed by atoms with E-state index in [1.807, 2.05) is 48.5 Å². The maximum Gasteiger partial charge on any atom is 0.178 e. The zero-order valence-corrected chi connectivity index (χ0v) is 24.6. The van der Waals surface area contributed by atoms with Crippen molar-refractivity contribution >= 4 is 22.3 Å². The van der Waals surface area contributed by atoms with E-state index < -0.39 is 0 Å². The molecule has 46 heavy (non-hydrogen) atoms. The SMILES string of the molecule is c1coc(-c2nc3nc(C4CC4)[nH]c3cc2-c2ccncc2)c1.c1coc(-c2nc3nc(C4CC4)[nH]c3cc2-c2ccncn2)c1. The fraction of sp³-hybridized carbons (Fsp3) is 0.171. The molecule has 8 aromatic heterocycles. The molecule has 8 heterocycles. The van der Waals surface area contributed by atoms with Crippen molar-refractivity contribution in [3.63, 3.8) is 0 Å². The zero-order chi connectivity index (χ0) is 30.5. The molecule has 0 spiro atoms. The van der Waals surface area contributed by atoms with Gasteiger partial charge in [-0.1, -0.05) is 0 Å². The molecule has 0 atom stereocenters. The molecule has 0 aromatic carbocycles. The topological polar surface area (TPSA) is 148 Å². The van der Waals surface area contributed by atoms with E-state index in [4.69, 9.17) is 18.8 Å². The molecule has 2 aliphatic carbocycles. The number of aromatic amines is 2. The van der Waals surface area contributed by atoms with Crippen LogP contribution in [0.5, 0.6) is 0 Å². The summed E-state index contributed by atoms with van der Waals surface area (Å²) in [5.74, 6) is 4.65. The summed E-state index contributed by atoms with van der Waals surface area (Å²) < 4.78 is 11.1. The number of furan rings is 2. The number of fused-ring (bicyclic) bond motifs is 2.